The van der Waals surface area contributed by atoms with Crippen LogP contribution in [0.5, 0.6) is 5.75 Å². The third-order valence-corrected chi connectivity index (χ3v) is 4.78. The Bertz CT molecular complexity index is 527. The van der Waals surface area contributed by atoms with Crippen LogP contribution in [0.25, 0.3) is 0 Å². The summed E-state index contributed by atoms with van der Waals surface area (Å²) in [4.78, 5) is 14.4. The summed E-state index contributed by atoms with van der Waals surface area (Å²) in [6, 6.07) is 7.99. The Kier molecular flexibility index (Phi) is 7.34. The van der Waals surface area contributed by atoms with Gasteiger partial charge in [-0.25, -0.2) is 0 Å². The zero-order valence-electron chi connectivity index (χ0n) is 14.2. The standard InChI is InChI=1S/C18H26N2O3.ClH/c1-22-17-7-3-2-5-14(17)13-23-15-8-11-20(12-9-15)18(21)16-6-4-10-19-16;/h2-3,5,7,15-16,19H,4,6,8-13H2,1H3;1H. The van der Waals surface area contributed by atoms with Crippen molar-refractivity contribution in [2.45, 2.75) is 44.4 Å². The molecule has 2 aliphatic heterocycles. The van der Waals surface area contributed by atoms with E-state index in [-0.39, 0.29) is 30.5 Å². The maximum Gasteiger partial charge on any atom is 0.239 e. The lowest BCUT2D eigenvalue weighted by molar-refractivity contribution is -0.135. The molecule has 24 heavy (non-hydrogen) atoms. The van der Waals surface area contributed by atoms with E-state index < -0.39 is 0 Å². The number of hydrogen-bond acceptors (Lipinski definition) is 4. The summed E-state index contributed by atoms with van der Waals surface area (Å²) < 4.78 is 11.4. The topological polar surface area (TPSA) is 50.8 Å². The van der Waals surface area contributed by atoms with Crippen molar-refractivity contribution >= 4 is 18.3 Å². The van der Waals surface area contributed by atoms with Gasteiger partial charge in [0, 0.05) is 18.7 Å². The monoisotopic (exact) mass is 354 g/mol. The van der Waals surface area contributed by atoms with Crippen molar-refractivity contribution in [2.75, 3.05) is 26.7 Å². The van der Waals surface area contributed by atoms with Crippen LogP contribution < -0.4 is 10.1 Å². The molecule has 1 atom stereocenters. The second kappa shape index (κ2) is 9.25. The average molecular weight is 355 g/mol. The lowest BCUT2D eigenvalue weighted by atomic mass is 10.1. The third-order valence-electron chi connectivity index (χ3n) is 4.78. The van der Waals surface area contributed by atoms with Crippen molar-refractivity contribution in [1.29, 1.82) is 0 Å². The fourth-order valence-electron chi connectivity index (χ4n) is 3.39. The lowest BCUT2D eigenvalue weighted by Crippen LogP contribution is -2.48. The summed E-state index contributed by atoms with van der Waals surface area (Å²) >= 11 is 0. The number of ether oxygens (including phenoxy) is 2. The maximum atomic E-state index is 12.4. The Morgan fingerprint density at radius 3 is 2.67 bits per heavy atom. The van der Waals surface area contributed by atoms with Crippen LogP contribution in [0.15, 0.2) is 24.3 Å². The zero-order valence-corrected chi connectivity index (χ0v) is 15.0. The molecule has 2 heterocycles. The van der Waals surface area contributed by atoms with Gasteiger partial charge in [-0.1, -0.05) is 18.2 Å². The molecule has 134 valence electrons. The zero-order chi connectivity index (χ0) is 16.1. The van der Waals surface area contributed by atoms with E-state index >= 15 is 0 Å². The molecule has 5 nitrogen and oxygen atoms in total. The maximum absolute atomic E-state index is 12.4. The Hall–Kier alpha value is -1.30. The predicted octanol–water partition coefficient (Wildman–Crippen LogP) is 2.38. The van der Waals surface area contributed by atoms with Gasteiger partial charge in [-0.3, -0.25) is 4.79 Å². The van der Waals surface area contributed by atoms with Crippen molar-refractivity contribution in [2.24, 2.45) is 0 Å². The predicted molar refractivity (Wildman–Crippen MR) is 95.7 cm³/mol. The summed E-state index contributed by atoms with van der Waals surface area (Å²) in [6.07, 6.45) is 4.12. The molecule has 1 aromatic carbocycles. The molecule has 1 unspecified atom stereocenters. The van der Waals surface area contributed by atoms with Gasteiger partial charge in [-0.15, -0.1) is 12.4 Å². The fraction of sp³-hybridized carbons (Fsp3) is 0.611. The van der Waals surface area contributed by atoms with Crippen LogP contribution >= 0.6 is 12.4 Å². The van der Waals surface area contributed by atoms with E-state index in [1.54, 1.807) is 7.11 Å². The molecule has 1 aromatic rings. The van der Waals surface area contributed by atoms with Crippen LogP contribution in [0.4, 0.5) is 0 Å². The van der Waals surface area contributed by atoms with Crippen molar-refractivity contribution in [1.82, 2.24) is 10.2 Å². The van der Waals surface area contributed by atoms with Crippen LogP contribution in [-0.2, 0) is 16.1 Å². The first-order valence-corrected chi connectivity index (χ1v) is 8.53. The largest absolute Gasteiger partial charge is 0.496 e. The van der Waals surface area contributed by atoms with Gasteiger partial charge in [-0.2, -0.15) is 0 Å². The van der Waals surface area contributed by atoms with Gasteiger partial charge in [0.1, 0.15) is 5.75 Å². The molecule has 0 bridgehead atoms. The van der Waals surface area contributed by atoms with Crippen LogP contribution in [-0.4, -0.2) is 49.7 Å². The highest BCUT2D eigenvalue weighted by atomic mass is 35.5. The molecular formula is C18H27ClN2O3. The fourth-order valence-corrected chi connectivity index (χ4v) is 3.39. The number of nitrogens with zero attached hydrogens (tertiary/aromatic N) is 1. The number of likely N-dealkylation sites (tertiary alicyclic amines) is 1. The molecule has 0 saturated carbocycles. The molecule has 1 N–H and O–H groups in total. The third kappa shape index (κ3) is 4.62. The first-order valence-electron chi connectivity index (χ1n) is 8.53. The number of rotatable bonds is 5. The summed E-state index contributed by atoms with van der Waals surface area (Å²) in [7, 11) is 1.68. The van der Waals surface area contributed by atoms with Crippen molar-refractivity contribution < 1.29 is 14.3 Å². The molecule has 2 fully saturated rings. The van der Waals surface area contributed by atoms with E-state index in [2.05, 4.69) is 5.32 Å². The number of carbonyl (C=O) groups excluding carboxylic acids is 1. The van der Waals surface area contributed by atoms with E-state index in [0.29, 0.717) is 6.61 Å². The second-order valence-electron chi connectivity index (χ2n) is 6.30. The van der Waals surface area contributed by atoms with Gasteiger partial charge in [0.15, 0.2) is 0 Å². The van der Waals surface area contributed by atoms with Crippen molar-refractivity contribution in [3.8, 4) is 5.75 Å². The van der Waals surface area contributed by atoms with E-state index in [0.717, 1.165) is 56.6 Å². The van der Waals surface area contributed by atoms with Crippen LogP contribution in [0.1, 0.15) is 31.2 Å². The van der Waals surface area contributed by atoms with E-state index in [4.69, 9.17) is 9.47 Å². The van der Waals surface area contributed by atoms with Gasteiger partial charge in [-0.05, 0) is 38.3 Å². The summed E-state index contributed by atoms with van der Waals surface area (Å²) in [5, 5.41) is 3.29. The Balaban J connectivity index is 0.00000208. The smallest absolute Gasteiger partial charge is 0.239 e. The Morgan fingerprint density at radius 1 is 1.25 bits per heavy atom. The minimum Gasteiger partial charge on any atom is -0.496 e. The normalized spacial score (nSPS) is 21.4. The summed E-state index contributed by atoms with van der Waals surface area (Å²) in [5.74, 6) is 1.14. The number of carbonyl (C=O) groups is 1. The number of benzene rings is 1. The summed E-state index contributed by atoms with van der Waals surface area (Å²) in [5.41, 5.74) is 1.07. The molecule has 0 spiro atoms. The highest BCUT2D eigenvalue weighted by Gasteiger charge is 2.30. The number of methoxy groups -OCH3 is 1. The molecular weight excluding hydrogens is 328 g/mol. The highest BCUT2D eigenvalue weighted by Crippen LogP contribution is 2.22. The van der Waals surface area contributed by atoms with Crippen LogP contribution in [0.3, 0.4) is 0 Å². The van der Waals surface area contributed by atoms with Gasteiger partial charge in [0.2, 0.25) is 5.91 Å². The van der Waals surface area contributed by atoms with Gasteiger partial charge >= 0.3 is 0 Å². The number of hydrogen-bond donors (Lipinski definition) is 1. The van der Waals surface area contributed by atoms with Crippen LogP contribution in [0, 0.1) is 0 Å². The van der Waals surface area contributed by atoms with Crippen molar-refractivity contribution in [3.05, 3.63) is 29.8 Å². The number of piperidine rings is 1. The number of para-hydroxylation sites is 1. The number of nitrogens with one attached hydrogen (secondary N) is 1. The number of halogens is 1. The first kappa shape index (κ1) is 19.0. The lowest BCUT2D eigenvalue weighted by Gasteiger charge is -2.33. The molecule has 1 amide bonds. The molecule has 0 aromatic heterocycles. The molecule has 0 radical (unpaired) electrons. The minimum atomic E-state index is 0. The first-order chi connectivity index (χ1) is 11.3. The van der Waals surface area contributed by atoms with Gasteiger partial charge in [0.05, 0.1) is 25.9 Å². The molecule has 3 rings (SSSR count). The minimum absolute atomic E-state index is 0. The van der Waals surface area contributed by atoms with E-state index in [1.165, 1.54) is 0 Å². The van der Waals surface area contributed by atoms with E-state index in [1.807, 2.05) is 29.2 Å². The number of amides is 1. The molecule has 2 saturated heterocycles. The second-order valence-corrected chi connectivity index (χ2v) is 6.30. The van der Waals surface area contributed by atoms with Crippen LogP contribution in [0.2, 0.25) is 0 Å². The summed E-state index contributed by atoms with van der Waals surface area (Å²) in [6.45, 7) is 3.13. The van der Waals surface area contributed by atoms with Gasteiger partial charge < -0.3 is 19.7 Å². The Morgan fingerprint density at radius 2 is 2.00 bits per heavy atom. The average Bonchev–Trinajstić information content (AvgIpc) is 3.14. The van der Waals surface area contributed by atoms with Crippen molar-refractivity contribution in [3.63, 3.8) is 0 Å². The molecule has 6 heteroatoms. The molecule has 2 aliphatic rings. The SMILES string of the molecule is COc1ccccc1COC1CCN(C(=O)C2CCCN2)CC1.Cl. The Labute approximate surface area is 150 Å². The molecule has 0 aliphatic carbocycles. The van der Waals surface area contributed by atoms with Gasteiger partial charge in [0.25, 0.3) is 0 Å². The highest BCUT2D eigenvalue weighted by molar-refractivity contribution is 5.85. The quantitative estimate of drug-likeness (QED) is 0.882. The van der Waals surface area contributed by atoms with E-state index in [9.17, 15) is 4.79 Å².